The van der Waals surface area contributed by atoms with Gasteiger partial charge in [-0.3, -0.25) is 0 Å². The Morgan fingerprint density at radius 3 is 2.41 bits per heavy atom. The van der Waals surface area contributed by atoms with E-state index in [1.165, 1.54) is 5.56 Å². The molecule has 1 N–H and O–H groups in total. The van der Waals surface area contributed by atoms with E-state index in [1.807, 2.05) is 31.2 Å². The first-order valence-corrected chi connectivity index (χ1v) is 6.10. The van der Waals surface area contributed by atoms with Crippen LogP contribution < -0.4 is 10.1 Å². The molecule has 0 saturated heterocycles. The highest BCUT2D eigenvalue weighted by atomic mass is 16.5. The molecule has 3 nitrogen and oxygen atoms in total. The van der Waals surface area contributed by atoms with Gasteiger partial charge in [0, 0.05) is 6.04 Å². The van der Waals surface area contributed by atoms with Crippen LogP contribution in [0.15, 0.2) is 24.3 Å². The average Bonchev–Trinajstić information content (AvgIpc) is 2.37. The molecule has 2 atom stereocenters. The van der Waals surface area contributed by atoms with Crippen LogP contribution in [0.3, 0.4) is 0 Å². The van der Waals surface area contributed by atoms with Crippen LogP contribution >= 0.6 is 0 Å². The highest BCUT2D eigenvalue weighted by Crippen LogP contribution is 2.18. The van der Waals surface area contributed by atoms with Crippen molar-refractivity contribution in [3.8, 4) is 11.8 Å². The lowest BCUT2D eigenvalue weighted by atomic mass is 10.1. The summed E-state index contributed by atoms with van der Waals surface area (Å²) >= 11 is 0. The number of rotatable bonds is 6. The van der Waals surface area contributed by atoms with Crippen molar-refractivity contribution in [2.24, 2.45) is 0 Å². The molecule has 17 heavy (non-hydrogen) atoms. The summed E-state index contributed by atoms with van der Waals surface area (Å²) in [6.07, 6.45) is 0.346. The molecule has 0 saturated carbocycles. The molecule has 3 heteroatoms. The third-order valence-electron chi connectivity index (χ3n) is 2.68. The Balaban J connectivity index is 2.65. The van der Waals surface area contributed by atoms with Crippen LogP contribution in [0.2, 0.25) is 0 Å². The summed E-state index contributed by atoms with van der Waals surface area (Å²) in [5.41, 5.74) is 1.23. The maximum atomic E-state index is 8.82. The van der Waals surface area contributed by atoms with E-state index in [9.17, 15) is 0 Å². The molecule has 0 bridgehead atoms. The minimum absolute atomic E-state index is 0.340. The predicted octanol–water partition coefficient (Wildman–Crippen LogP) is 3.04. The van der Waals surface area contributed by atoms with Crippen molar-refractivity contribution in [3.05, 3.63) is 29.8 Å². The highest BCUT2D eigenvalue weighted by Gasteiger charge is 2.07. The molecule has 1 aromatic carbocycles. The Labute approximate surface area is 103 Å². The molecule has 92 valence electrons. The molecule has 0 spiro atoms. The fraction of sp³-hybridized carbons (Fsp3) is 0.500. The van der Waals surface area contributed by atoms with Gasteiger partial charge in [0.25, 0.3) is 0 Å². The Hall–Kier alpha value is -1.53. The van der Waals surface area contributed by atoms with Crippen molar-refractivity contribution in [2.75, 3.05) is 6.54 Å². The Morgan fingerprint density at radius 1 is 1.29 bits per heavy atom. The second kappa shape index (κ2) is 6.93. The maximum absolute atomic E-state index is 8.82. The molecule has 0 aliphatic carbocycles. The van der Waals surface area contributed by atoms with Gasteiger partial charge in [-0.05, 0) is 37.6 Å². The first-order valence-electron chi connectivity index (χ1n) is 6.10. The summed E-state index contributed by atoms with van der Waals surface area (Å²) < 4.78 is 5.53. The van der Waals surface area contributed by atoms with Gasteiger partial charge >= 0.3 is 0 Å². The second-order valence-corrected chi connectivity index (χ2v) is 3.99. The number of nitrogens with zero attached hydrogens (tertiary/aromatic N) is 1. The van der Waals surface area contributed by atoms with E-state index < -0.39 is 0 Å². The molecule has 0 fully saturated rings. The third-order valence-corrected chi connectivity index (χ3v) is 2.68. The normalized spacial score (nSPS) is 13.8. The first-order chi connectivity index (χ1) is 8.21. The Bertz CT molecular complexity index is 367. The van der Waals surface area contributed by atoms with Crippen LogP contribution in [0.5, 0.6) is 5.75 Å². The highest BCUT2D eigenvalue weighted by molar-refractivity contribution is 5.29. The van der Waals surface area contributed by atoms with E-state index in [2.05, 4.69) is 25.2 Å². The van der Waals surface area contributed by atoms with Gasteiger partial charge in [-0.2, -0.15) is 5.26 Å². The topological polar surface area (TPSA) is 45.0 Å². The zero-order valence-corrected chi connectivity index (χ0v) is 10.7. The zero-order chi connectivity index (χ0) is 12.7. The molecule has 0 aromatic heterocycles. The molecular formula is C14H20N2O. The maximum Gasteiger partial charge on any atom is 0.184 e. The molecule has 0 aliphatic heterocycles. The molecule has 1 aromatic rings. The monoisotopic (exact) mass is 232 g/mol. The fourth-order valence-electron chi connectivity index (χ4n) is 1.62. The first kappa shape index (κ1) is 13.5. The van der Waals surface area contributed by atoms with E-state index in [0.29, 0.717) is 12.5 Å². The zero-order valence-electron chi connectivity index (χ0n) is 10.7. The molecule has 0 aliphatic rings. The number of nitrogens with one attached hydrogen (secondary N) is 1. The fourth-order valence-corrected chi connectivity index (χ4v) is 1.62. The number of benzene rings is 1. The second-order valence-electron chi connectivity index (χ2n) is 3.99. The number of hydrogen-bond donors (Lipinski definition) is 1. The van der Waals surface area contributed by atoms with Gasteiger partial charge in [0.05, 0.1) is 0 Å². The minimum atomic E-state index is -0.355. The van der Waals surface area contributed by atoms with Gasteiger partial charge in [0.15, 0.2) is 6.10 Å². The molecule has 0 amide bonds. The quantitative estimate of drug-likeness (QED) is 0.820. The minimum Gasteiger partial charge on any atom is -0.476 e. The van der Waals surface area contributed by atoms with Crippen LogP contribution in [0.25, 0.3) is 0 Å². The summed E-state index contributed by atoms with van der Waals surface area (Å²) in [7, 11) is 0. The van der Waals surface area contributed by atoms with Gasteiger partial charge < -0.3 is 10.1 Å². The molecular weight excluding hydrogens is 212 g/mol. The summed E-state index contributed by atoms with van der Waals surface area (Å²) in [6.45, 7) is 7.11. The lowest BCUT2D eigenvalue weighted by molar-refractivity contribution is 0.252. The third kappa shape index (κ3) is 4.08. The van der Waals surface area contributed by atoms with Gasteiger partial charge in [-0.1, -0.05) is 26.0 Å². The van der Waals surface area contributed by atoms with Crippen LogP contribution in [-0.4, -0.2) is 12.6 Å². The number of ether oxygens (including phenoxy) is 1. The molecule has 0 heterocycles. The number of hydrogen-bond acceptors (Lipinski definition) is 3. The van der Waals surface area contributed by atoms with Crippen molar-refractivity contribution in [2.45, 2.75) is 39.3 Å². The van der Waals surface area contributed by atoms with E-state index in [0.717, 1.165) is 12.3 Å². The predicted molar refractivity (Wildman–Crippen MR) is 68.9 cm³/mol. The number of nitriles is 1. The van der Waals surface area contributed by atoms with Crippen molar-refractivity contribution in [1.29, 1.82) is 5.26 Å². The Kier molecular flexibility index (Phi) is 5.51. The van der Waals surface area contributed by atoms with Crippen LogP contribution in [0, 0.1) is 11.3 Å². The smallest absolute Gasteiger partial charge is 0.184 e. The van der Waals surface area contributed by atoms with E-state index in [-0.39, 0.29) is 6.10 Å². The Morgan fingerprint density at radius 2 is 1.94 bits per heavy atom. The largest absolute Gasteiger partial charge is 0.476 e. The van der Waals surface area contributed by atoms with Crippen molar-refractivity contribution in [1.82, 2.24) is 5.32 Å². The van der Waals surface area contributed by atoms with Gasteiger partial charge in [0.2, 0.25) is 0 Å². The molecule has 2 unspecified atom stereocenters. The van der Waals surface area contributed by atoms with Crippen LogP contribution in [-0.2, 0) is 0 Å². The standard InChI is InChI=1S/C14H20N2O/c1-4-13(10-15)17-14-8-6-12(7-9-14)11(3)16-5-2/h6-9,11,13,16H,4-5H2,1-3H3. The van der Waals surface area contributed by atoms with Gasteiger partial charge in [0.1, 0.15) is 11.8 Å². The van der Waals surface area contributed by atoms with Crippen LogP contribution in [0.4, 0.5) is 0 Å². The van der Waals surface area contributed by atoms with Crippen molar-refractivity contribution < 1.29 is 4.74 Å². The van der Waals surface area contributed by atoms with Crippen LogP contribution in [0.1, 0.15) is 38.8 Å². The SMILES string of the molecule is CCNC(C)c1ccc(OC(C#N)CC)cc1. The summed E-state index contributed by atoms with van der Waals surface area (Å²) in [6, 6.07) is 10.4. The summed E-state index contributed by atoms with van der Waals surface area (Å²) in [4.78, 5) is 0. The van der Waals surface area contributed by atoms with Gasteiger partial charge in [-0.25, -0.2) is 0 Å². The average molecular weight is 232 g/mol. The summed E-state index contributed by atoms with van der Waals surface area (Å²) in [5, 5.41) is 12.2. The van der Waals surface area contributed by atoms with E-state index in [1.54, 1.807) is 0 Å². The van der Waals surface area contributed by atoms with Crippen molar-refractivity contribution >= 4 is 0 Å². The molecule has 0 radical (unpaired) electrons. The van der Waals surface area contributed by atoms with Gasteiger partial charge in [-0.15, -0.1) is 0 Å². The molecule has 1 rings (SSSR count). The summed E-state index contributed by atoms with van der Waals surface area (Å²) in [5.74, 6) is 0.755. The van der Waals surface area contributed by atoms with E-state index in [4.69, 9.17) is 10.00 Å². The van der Waals surface area contributed by atoms with Crippen molar-refractivity contribution in [3.63, 3.8) is 0 Å². The lowest BCUT2D eigenvalue weighted by Gasteiger charge is -2.14. The lowest BCUT2D eigenvalue weighted by Crippen LogP contribution is -2.17. The van der Waals surface area contributed by atoms with E-state index >= 15 is 0 Å².